The molecule has 0 unspecified atom stereocenters. The first-order chi connectivity index (χ1) is 23.2. The highest BCUT2D eigenvalue weighted by Gasteiger charge is 2.76. The third-order valence-corrected chi connectivity index (χ3v) is 11.2. The highest BCUT2D eigenvalue weighted by molar-refractivity contribution is 5.92. The average Bonchev–Trinajstić information content (AvgIpc) is 3.77. The molecule has 2 aromatic carbocycles. The van der Waals surface area contributed by atoms with Crippen molar-refractivity contribution in [2.24, 2.45) is 11.8 Å². The van der Waals surface area contributed by atoms with Crippen molar-refractivity contribution in [2.75, 3.05) is 19.6 Å². The molecule has 3 aliphatic carbocycles. The van der Waals surface area contributed by atoms with Gasteiger partial charge in [-0.25, -0.2) is 0 Å². The van der Waals surface area contributed by atoms with Crippen LogP contribution in [0.2, 0.25) is 0 Å². The zero-order chi connectivity index (χ0) is 34.9. The Kier molecular flexibility index (Phi) is 8.36. The summed E-state index contributed by atoms with van der Waals surface area (Å²) in [4.78, 5) is 43.8. The molecule has 0 aromatic heterocycles. The molecule has 1 spiro atoms. The number of piperidine rings is 1. The maximum atomic E-state index is 14.2. The minimum atomic E-state index is -4.45. The maximum absolute atomic E-state index is 14.2. The number of carbonyl (C=O) groups is 3. The normalized spacial score (nSPS) is 28.6. The number of halogens is 3. The van der Waals surface area contributed by atoms with Crippen molar-refractivity contribution >= 4 is 23.9 Å². The van der Waals surface area contributed by atoms with E-state index in [4.69, 9.17) is 14.2 Å². The van der Waals surface area contributed by atoms with Gasteiger partial charge in [0, 0.05) is 38.6 Å². The molecule has 0 radical (unpaired) electrons. The van der Waals surface area contributed by atoms with Crippen LogP contribution < -0.4 is 9.47 Å². The minimum absolute atomic E-state index is 0.0790. The maximum Gasteiger partial charge on any atom is 0.416 e. The van der Waals surface area contributed by atoms with Gasteiger partial charge in [0.1, 0.15) is 11.7 Å². The minimum Gasteiger partial charge on any atom is -0.483 e. The summed E-state index contributed by atoms with van der Waals surface area (Å²) in [5.41, 5.74) is 0.00353. The van der Waals surface area contributed by atoms with E-state index < -0.39 is 40.9 Å². The average molecular weight is 681 g/mol. The second kappa shape index (κ2) is 12.2. The third-order valence-electron chi connectivity index (χ3n) is 11.2. The van der Waals surface area contributed by atoms with Crippen molar-refractivity contribution in [3.8, 4) is 11.5 Å². The highest BCUT2D eigenvalue weighted by Crippen LogP contribution is 2.67. The van der Waals surface area contributed by atoms with Gasteiger partial charge < -0.3 is 19.1 Å². The Bertz CT molecular complexity index is 1690. The summed E-state index contributed by atoms with van der Waals surface area (Å²) in [6.07, 6.45) is 2.62. The number of esters is 2. The van der Waals surface area contributed by atoms with Crippen LogP contribution in [0.3, 0.4) is 0 Å². The zero-order valence-electron chi connectivity index (χ0n) is 28.3. The Hall–Kier alpha value is -3.86. The van der Waals surface area contributed by atoms with E-state index in [1.165, 1.54) is 51.0 Å². The first-order valence-corrected chi connectivity index (χ1v) is 17.3. The van der Waals surface area contributed by atoms with Crippen LogP contribution in [0.4, 0.5) is 13.2 Å². The number of alkyl halides is 3. The van der Waals surface area contributed by atoms with E-state index in [1.807, 2.05) is 24.8 Å². The Morgan fingerprint density at radius 2 is 1.78 bits per heavy atom. The molecule has 49 heavy (non-hydrogen) atoms. The van der Waals surface area contributed by atoms with Crippen molar-refractivity contribution in [1.29, 1.82) is 0 Å². The lowest BCUT2D eigenvalue weighted by atomic mass is 9.48. The fourth-order valence-corrected chi connectivity index (χ4v) is 9.26. The van der Waals surface area contributed by atoms with Crippen LogP contribution in [0, 0.1) is 11.8 Å². The summed E-state index contributed by atoms with van der Waals surface area (Å²) in [6, 6.07) is 7.98. The van der Waals surface area contributed by atoms with Gasteiger partial charge in [-0.1, -0.05) is 32.0 Å². The van der Waals surface area contributed by atoms with Gasteiger partial charge in [0.15, 0.2) is 11.5 Å². The summed E-state index contributed by atoms with van der Waals surface area (Å²) in [6.45, 7) is 8.98. The van der Waals surface area contributed by atoms with Gasteiger partial charge in [0.25, 0.3) is 0 Å². The quantitative estimate of drug-likeness (QED) is 0.174. The fourth-order valence-electron chi connectivity index (χ4n) is 9.26. The molecule has 1 amide bonds. The van der Waals surface area contributed by atoms with E-state index in [0.29, 0.717) is 55.2 Å². The van der Waals surface area contributed by atoms with E-state index >= 15 is 0 Å². The van der Waals surface area contributed by atoms with E-state index in [1.54, 1.807) is 6.07 Å². The smallest absolute Gasteiger partial charge is 0.416 e. The Balaban J connectivity index is 1.31. The van der Waals surface area contributed by atoms with Crippen molar-refractivity contribution in [3.05, 3.63) is 64.7 Å². The molecule has 5 atom stereocenters. The molecule has 2 aliphatic heterocycles. The van der Waals surface area contributed by atoms with Gasteiger partial charge in [-0.15, -0.1) is 0 Å². The monoisotopic (exact) mass is 680 g/mol. The molecule has 8 nitrogen and oxygen atoms in total. The fraction of sp³-hybridized carbons (Fsp3) is 0.553. The number of rotatable bonds is 9. The lowest BCUT2D eigenvalue weighted by Gasteiger charge is -2.65. The van der Waals surface area contributed by atoms with E-state index in [-0.39, 0.29) is 23.8 Å². The standard InChI is InChI=1S/C38H43F3N2O6/c1-22(2)20-43(32(46)14-9-25-7-11-28(12-8-25)38(39,40)41)29-15-16-37(49-24(4)45)31-19-27-10-13-30(47-23(3)44)34-33(27)36(37,35(29)48-34)17-18-42(31)21-26-5-6-26/h7-14,22,26,29,31,35H,5-6,15-21H2,1-4H3/t29-,31-,35-,36+,37-/m1/s1. The molecule has 2 bridgehead atoms. The third kappa shape index (κ3) is 5.71. The van der Waals surface area contributed by atoms with Crippen LogP contribution >= 0.6 is 0 Å². The summed E-state index contributed by atoms with van der Waals surface area (Å²) in [7, 11) is 0. The zero-order valence-corrected chi connectivity index (χ0v) is 28.3. The molecule has 2 aromatic rings. The Morgan fingerprint density at radius 3 is 2.41 bits per heavy atom. The molecule has 11 heteroatoms. The van der Waals surface area contributed by atoms with Gasteiger partial charge in [0.2, 0.25) is 5.91 Å². The largest absolute Gasteiger partial charge is 0.483 e. The summed E-state index contributed by atoms with van der Waals surface area (Å²) in [5.74, 6) is 0.394. The van der Waals surface area contributed by atoms with Crippen molar-refractivity contribution in [2.45, 2.75) is 102 Å². The Morgan fingerprint density at radius 1 is 1.04 bits per heavy atom. The molecular weight excluding hydrogens is 637 g/mol. The van der Waals surface area contributed by atoms with E-state index in [9.17, 15) is 27.6 Å². The SMILES string of the molecule is CC(=O)Oc1ccc2c3c1O[C@@H]1[C@H](N(CC(C)C)C(=O)C=Cc4ccc(C(F)(F)F)cc4)CC[C@@]4(OC(C)=O)[C@@H](C2)N(CC2CC2)CC[C@]314. The molecule has 3 fully saturated rings. The van der Waals surface area contributed by atoms with Gasteiger partial charge in [-0.2, -0.15) is 13.2 Å². The number of nitrogens with zero attached hydrogens (tertiary/aromatic N) is 2. The van der Waals surface area contributed by atoms with Crippen molar-refractivity contribution in [3.63, 3.8) is 0 Å². The molecule has 5 aliphatic rings. The summed E-state index contributed by atoms with van der Waals surface area (Å²) >= 11 is 0. The number of benzene rings is 2. The number of carbonyl (C=O) groups excluding carboxylic acids is 3. The van der Waals surface area contributed by atoms with Gasteiger partial charge in [-0.05, 0) is 92.3 Å². The van der Waals surface area contributed by atoms with Crippen LogP contribution in [0.15, 0.2) is 42.5 Å². The number of likely N-dealkylation sites (tertiary alicyclic amines) is 1. The molecule has 262 valence electrons. The number of hydrogen-bond donors (Lipinski definition) is 0. The predicted octanol–water partition coefficient (Wildman–Crippen LogP) is 6.33. The molecular formula is C38H43F3N2O6. The van der Waals surface area contributed by atoms with Crippen LogP contribution in [-0.4, -0.2) is 71.1 Å². The van der Waals surface area contributed by atoms with E-state index in [2.05, 4.69) is 4.90 Å². The van der Waals surface area contributed by atoms with Gasteiger partial charge >= 0.3 is 18.1 Å². The molecule has 2 saturated carbocycles. The number of amides is 1. The molecule has 1 saturated heterocycles. The Labute approximate surface area is 284 Å². The number of hydrogen-bond acceptors (Lipinski definition) is 7. The van der Waals surface area contributed by atoms with Crippen molar-refractivity contribution < 1.29 is 41.8 Å². The van der Waals surface area contributed by atoms with Crippen LogP contribution in [0.1, 0.15) is 82.1 Å². The first kappa shape index (κ1) is 33.6. The van der Waals surface area contributed by atoms with Crippen LogP contribution in [-0.2, 0) is 37.1 Å². The van der Waals surface area contributed by atoms with Gasteiger partial charge in [-0.3, -0.25) is 19.3 Å². The van der Waals surface area contributed by atoms with E-state index in [0.717, 1.165) is 36.3 Å². The second-order valence-electron chi connectivity index (χ2n) is 14.9. The van der Waals surface area contributed by atoms with Crippen LogP contribution in [0.25, 0.3) is 6.08 Å². The molecule has 7 rings (SSSR count). The number of ether oxygens (including phenoxy) is 3. The van der Waals surface area contributed by atoms with Crippen LogP contribution in [0.5, 0.6) is 11.5 Å². The lowest BCUT2D eigenvalue weighted by Crippen LogP contribution is -2.79. The predicted molar refractivity (Wildman–Crippen MR) is 175 cm³/mol. The lowest BCUT2D eigenvalue weighted by molar-refractivity contribution is -0.224. The summed E-state index contributed by atoms with van der Waals surface area (Å²) < 4.78 is 58.7. The van der Waals surface area contributed by atoms with Crippen molar-refractivity contribution in [1.82, 2.24) is 9.80 Å². The second-order valence-corrected chi connectivity index (χ2v) is 14.9. The summed E-state index contributed by atoms with van der Waals surface area (Å²) in [5, 5.41) is 0. The topological polar surface area (TPSA) is 85.4 Å². The first-order valence-electron chi connectivity index (χ1n) is 17.3. The van der Waals surface area contributed by atoms with Gasteiger partial charge in [0.05, 0.1) is 23.1 Å². The molecule has 2 heterocycles. The molecule has 0 N–H and O–H groups in total. The highest BCUT2D eigenvalue weighted by atomic mass is 19.4.